The summed E-state index contributed by atoms with van der Waals surface area (Å²) in [5.41, 5.74) is 2.66. The predicted octanol–water partition coefficient (Wildman–Crippen LogP) is 3.65. The van der Waals surface area contributed by atoms with Gasteiger partial charge in [-0.15, -0.1) is 0 Å². The molecule has 1 atom stereocenters. The van der Waals surface area contributed by atoms with E-state index in [-0.39, 0.29) is 0 Å². The van der Waals surface area contributed by atoms with E-state index >= 15 is 0 Å². The lowest BCUT2D eigenvalue weighted by Gasteiger charge is -2.14. The Hall–Kier alpha value is -2.68. The Balaban J connectivity index is 2.01. The van der Waals surface area contributed by atoms with E-state index in [1.54, 1.807) is 6.20 Å². The number of pyridine rings is 1. The van der Waals surface area contributed by atoms with Gasteiger partial charge in [-0.2, -0.15) is 0 Å². The molecule has 3 heteroatoms. The molecular formula is C18H15NO2. The highest BCUT2D eigenvalue weighted by atomic mass is 16.4. The van der Waals surface area contributed by atoms with Gasteiger partial charge in [0.15, 0.2) is 0 Å². The molecule has 0 spiro atoms. The molecule has 1 unspecified atom stereocenters. The van der Waals surface area contributed by atoms with Gasteiger partial charge in [-0.1, -0.05) is 54.6 Å². The maximum absolute atomic E-state index is 11.6. The minimum absolute atomic E-state index is 0.438. The van der Waals surface area contributed by atoms with Crippen LogP contribution in [-0.4, -0.2) is 16.1 Å². The van der Waals surface area contributed by atoms with E-state index < -0.39 is 11.9 Å². The number of rotatable bonds is 4. The van der Waals surface area contributed by atoms with Crippen LogP contribution in [-0.2, 0) is 11.2 Å². The molecule has 0 saturated carbocycles. The van der Waals surface area contributed by atoms with Crippen molar-refractivity contribution in [3.8, 4) is 0 Å². The second-order valence-corrected chi connectivity index (χ2v) is 5.00. The number of hydrogen-bond acceptors (Lipinski definition) is 2. The van der Waals surface area contributed by atoms with Crippen LogP contribution in [0.25, 0.3) is 10.9 Å². The second kappa shape index (κ2) is 5.75. The van der Waals surface area contributed by atoms with Gasteiger partial charge in [0.2, 0.25) is 0 Å². The highest BCUT2D eigenvalue weighted by Crippen LogP contribution is 2.25. The van der Waals surface area contributed by atoms with Gasteiger partial charge in [0, 0.05) is 11.6 Å². The molecule has 1 heterocycles. The lowest BCUT2D eigenvalue weighted by molar-refractivity contribution is -0.138. The van der Waals surface area contributed by atoms with Crippen LogP contribution < -0.4 is 0 Å². The summed E-state index contributed by atoms with van der Waals surface area (Å²) in [5, 5.41) is 10.6. The number of aliphatic carboxylic acids is 1. The highest BCUT2D eigenvalue weighted by Gasteiger charge is 2.21. The van der Waals surface area contributed by atoms with Crippen LogP contribution in [0.15, 0.2) is 66.9 Å². The lowest BCUT2D eigenvalue weighted by Crippen LogP contribution is -2.14. The SMILES string of the molecule is O=C(O)C(Cc1cccc2cccnc12)c1ccccc1. The van der Waals surface area contributed by atoms with E-state index in [0.29, 0.717) is 6.42 Å². The average molecular weight is 277 g/mol. The normalized spacial score (nSPS) is 12.2. The molecule has 1 aromatic heterocycles. The number of nitrogens with zero attached hydrogens (tertiary/aromatic N) is 1. The Morgan fingerprint density at radius 2 is 1.76 bits per heavy atom. The molecule has 0 saturated heterocycles. The third kappa shape index (κ3) is 2.77. The molecule has 3 rings (SSSR count). The number of aromatic nitrogens is 1. The van der Waals surface area contributed by atoms with Crippen LogP contribution in [0.4, 0.5) is 0 Å². The zero-order chi connectivity index (χ0) is 14.7. The molecule has 0 amide bonds. The fraction of sp³-hybridized carbons (Fsp3) is 0.111. The maximum atomic E-state index is 11.6. The van der Waals surface area contributed by atoms with Crippen LogP contribution in [0.3, 0.4) is 0 Å². The molecule has 2 aromatic carbocycles. The number of hydrogen-bond donors (Lipinski definition) is 1. The number of para-hydroxylation sites is 1. The number of carboxylic acids is 1. The third-order valence-electron chi connectivity index (χ3n) is 3.64. The highest BCUT2D eigenvalue weighted by molar-refractivity contribution is 5.83. The number of fused-ring (bicyclic) bond motifs is 1. The summed E-state index contributed by atoms with van der Waals surface area (Å²) in [6, 6.07) is 19.1. The van der Waals surface area contributed by atoms with Gasteiger partial charge in [0.25, 0.3) is 0 Å². The Morgan fingerprint density at radius 1 is 1.00 bits per heavy atom. The molecule has 104 valence electrons. The second-order valence-electron chi connectivity index (χ2n) is 5.00. The molecule has 0 aliphatic carbocycles. The van der Waals surface area contributed by atoms with Crippen LogP contribution in [0, 0.1) is 0 Å². The van der Waals surface area contributed by atoms with E-state index in [4.69, 9.17) is 0 Å². The summed E-state index contributed by atoms with van der Waals surface area (Å²) in [6.45, 7) is 0. The van der Waals surface area contributed by atoms with Crippen molar-refractivity contribution in [1.29, 1.82) is 0 Å². The Kier molecular flexibility index (Phi) is 3.65. The van der Waals surface area contributed by atoms with Crippen molar-refractivity contribution in [2.45, 2.75) is 12.3 Å². The topological polar surface area (TPSA) is 50.2 Å². The number of benzene rings is 2. The summed E-state index contributed by atoms with van der Waals surface area (Å²) in [6.07, 6.45) is 2.18. The van der Waals surface area contributed by atoms with Gasteiger partial charge in [0.05, 0.1) is 11.4 Å². The fourth-order valence-corrected chi connectivity index (χ4v) is 2.59. The van der Waals surface area contributed by atoms with Crippen LogP contribution in [0.1, 0.15) is 17.0 Å². The van der Waals surface area contributed by atoms with Crippen LogP contribution >= 0.6 is 0 Å². The molecular weight excluding hydrogens is 262 g/mol. The summed E-state index contributed by atoms with van der Waals surface area (Å²) in [7, 11) is 0. The first-order chi connectivity index (χ1) is 10.3. The smallest absolute Gasteiger partial charge is 0.311 e. The van der Waals surface area contributed by atoms with Gasteiger partial charge in [-0.3, -0.25) is 9.78 Å². The van der Waals surface area contributed by atoms with Crippen molar-refractivity contribution in [3.63, 3.8) is 0 Å². The van der Waals surface area contributed by atoms with E-state index in [9.17, 15) is 9.90 Å². The number of carbonyl (C=O) groups is 1. The summed E-state index contributed by atoms with van der Waals surface area (Å²) in [4.78, 5) is 16.0. The maximum Gasteiger partial charge on any atom is 0.311 e. The molecule has 0 fully saturated rings. The van der Waals surface area contributed by atoms with Crippen molar-refractivity contribution >= 4 is 16.9 Å². The molecule has 0 aliphatic heterocycles. The van der Waals surface area contributed by atoms with Crippen molar-refractivity contribution in [3.05, 3.63) is 78.0 Å². The van der Waals surface area contributed by atoms with E-state index in [0.717, 1.165) is 22.0 Å². The molecule has 3 aromatic rings. The molecule has 21 heavy (non-hydrogen) atoms. The van der Waals surface area contributed by atoms with E-state index in [1.807, 2.05) is 60.7 Å². The third-order valence-corrected chi connectivity index (χ3v) is 3.64. The molecule has 1 N–H and O–H groups in total. The summed E-state index contributed by atoms with van der Waals surface area (Å²) >= 11 is 0. The Morgan fingerprint density at radius 3 is 2.52 bits per heavy atom. The van der Waals surface area contributed by atoms with Crippen molar-refractivity contribution in [2.75, 3.05) is 0 Å². The summed E-state index contributed by atoms with van der Waals surface area (Å²) in [5.74, 6) is -1.37. The standard InChI is InChI=1S/C18H15NO2/c20-18(21)16(13-6-2-1-3-7-13)12-15-9-4-8-14-10-5-11-19-17(14)15/h1-11,16H,12H2,(H,20,21). The van der Waals surface area contributed by atoms with E-state index in [1.165, 1.54) is 0 Å². The van der Waals surface area contributed by atoms with Gasteiger partial charge < -0.3 is 5.11 Å². The van der Waals surface area contributed by atoms with Gasteiger partial charge in [0.1, 0.15) is 0 Å². The van der Waals surface area contributed by atoms with Crippen LogP contribution in [0.5, 0.6) is 0 Å². The van der Waals surface area contributed by atoms with Gasteiger partial charge in [-0.25, -0.2) is 0 Å². The van der Waals surface area contributed by atoms with E-state index in [2.05, 4.69) is 4.98 Å². The van der Waals surface area contributed by atoms with Crippen LogP contribution in [0.2, 0.25) is 0 Å². The van der Waals surface area contributed by atoms with Crippen molar-refractivity contribution in [1.82, 2.24) is 4.98 Å². The molecule has 3 nitrogen and oxygen atoms in total. The monoisotopic (exact) mass is 277 g/mol. The zero-order valence-corrected chi connectivity index (χ0v) is 11.4. The minimum Gasteiger partial charge on any atom is -0.481 e. The molecule has 0 bridgehead atoms. The molecule has 0 aliphatic rings. The quantitative estimate of drug-likeness (QED) is 0.792. The zero-order valence-electron chi connectivity index (χ0n) is 11.4. The largest absolute Gasteiger partial charge is 0.481 e. The number of carboxylic acid groups (broad SMARTS) is 1. The minimum atomic E-state index is -0.811. The predicted molar refractivity (Wildman–Crippen MR) is 82.3 cm³/mol. The van der Waals surface area contributed by atoms with Gasteiger partial charge in [-0.05, 0) is 23.6 Å². The van der Waals surface area contributed by atoms with Gasteiger partial charge >= 0.3 is 5.97 Å². The first-order valence-electron chi connectivity index (χ1n) is 6.86. The Bertz CT molecular complexity index is 763. The average Bonchev–Trinajstić information content (AvgIpc) is 2.53. The first kappa shape index (κ1) is 13.3. The Labute approximate surface area is 122 Å². The summed E-state index contributed by atoms with van der Waals surface area (Å²) < 4.78 is 0. The fourth-order valence-electron chi connectivity index (χ4n) is 2.59. The lowest BCUT2D eigenvalue weighted by atomic mass is 9.91. The van der Waals surface area contributed by atoms with Crippen molar-refractivity contribution < 1.29 is 9.90 Å². The molecule has 0 radical (unpaired) electrons. The first-order valence-corrected chi connectivity index (χ1v) is 6.86. The van der Waals surface area contributed by atoms with Crippen molar-refractivity contribution in [2.24, 2.45) is 0 Å².